The van der Waals surface area contributed by atoms with Crippen molar-refractivity contribution in [2.75, 3.05) is 0 Å². The van der Waals surface area contributed by atoms with Crippen LogP contribution in [0, 0.1) is 0 Å². The Hall–Kier alpha value is -1.09. The molecule has 0 radical (unpaired) electrons. The van der Waals surface area contributed by atoms with Gasteiger partial charge in [-0.15, -0.1) is 0 Å². The van der Waals surface area contributed by atoms with Crippen molar-refractivity contribution >= 4 is 27.9 Å². The SMILES string of the molecule is CCC(C)NC(=O)C=Cc1ccc(Br)cc1. The summed E-state index contributed by atoms with van der Waals surface area (Å²) in [7, 11) is 0. The van der Waals surface area contributed by atoms with E-state index in [9.17, 15) is 4.79 Å². The van der Waals surface area contributed by atoms with Gasteiger partial charge < -0.3 is 5.32 Å². The van der Waals surface area contributed by atoms with Gasteiger partial charge in [0.1, 0.15) is 0 Å². The lowest BCUT2D eigenvalue weighted by molar-refractivity contribution is -0.117. The predicted molar refractivity (Wildman–Crippen MR) is 71.1 cm³/mol. The maximum Gasteiger partial charge on any atom is 0.244 e. The molecule has 1 unspecified atom stereocenters. The van der Waals surface area contributed by atoms with Gasteiger partial charge in [-0.2, -0.15) is 0 Å². The number of rotatable bonds is 4. The molecule has 0 heterocycles. The Labute approximate surface area is 105 Å². The zero-order valence-corrected chi connectivity index (χ0v) is 11.1. The zero-order chi connectivity index (χ0) is 12.0. The molecule has 0 aliphatic heterocycles. The highest BCUT2D eigenvalue weighted by atomic mass is 79.9. The van der Waals surface area contributed by atoms with Crippen LogP contribution in [0.2, 0.25) is 0 Å². The Morgan fingerprint density at radius 2 is 2.06 bits per heavy atom. The van der Waals surface area contributed by atoms with Gasteiger partial charge in [0, 0.05) is 16.6 Å². The quantitative estimate of drug-likeness (QED) is 0.843. The zero-order valence-electron chi connectivity index (χ0n) is 9.53. The first-order chi connectivity index (χ1) is 7.61. The first-order valence-electron chi connectivity index (χ1n) is 5.36. The Balaban J connectivity index is 2.53. The summed E-state index contributed by atoms with van der Waals surface area (Å²) in [4.78, 5) is 11.4. The van der Waals surface area contributed by atoms with Crippen LogP contribution in [-0.4, -0.2) is 11.9 Å². The lowest BCUT2D eigenvalue weighted by atomic mass is 10.2. The van der Waals surface area contributed by atoms with Crippen LogP contribution in [-0.2, 0) is 4.79 Å². The summed E-state index contributed by atoms with van der Waals surface area (Å²) in [5.74, 6) is -0.0442. The van der Waals surface area contributed by atoms with E-state index < -0.39 is 0 Å². The molecule has 86 valence electrons. The minimum atomic E-state index is -0.0442. The second-order valence-electron chi connectivity index (χ2n) is 3.70. The molecule has 1 aromatic carbocycles. The maximum absolute atomic E-state index is 11.4. The summed E-state index contributed by atoms with van der Waals surface area (Å²) >= 11 is 3.36. The Kier molecular flexibility index (Phi) is 5.26. The van der Waals surface area contributed by atoms with Crippen molar-refractivity contribution in [2.24, 2.45) is 0 Å². The van der Waals surface area contributed by atoms with Crippen molar-refractivity contribution in [1.29, 1.82) is 0 Å². The van der Waals surface area contributed by atoms with Gasteiger partial charge in [-0.1, -0.05) is 35.0 Å². The molecule has 0 saturated heterocycles. The maximum atomic E-state index is 11.4. The smallest absolute Gasteiger partial charge is 0.244 e. The topological polar surface area (TPSA) is 29.1 Å². The highest BCUT2D eigenvalue weighted by Gasteiger charge is 2.00. The van der Waals surface area contributed by atoms with Crippen LogP contribution in [0.3, 0.4) is 0 Å². The van der Waals surface area contributed by atoms with Crippen molar-refractivity contribution in [2.45, 2.75) is 26.3 Å². The minimum absolute atomic E-state index is 0.0442. The molecule has 2 nitrogen and oxygen atoms in total. The van der Waals surface area contributed by atoms with Gasteiger partial charge in [0.25, 0.3) is 0 Å². The molecule has 0 spiro atoms. The fourth-order valence-electron chi connectivity index (χ4n) is 1.14. The number of benzene rings is 1. The van der Waals surface area contributed by atoms with Crippen LogP contribution >= 0.6 is 15.9 Å². The van der Waals surface area contributed by atoms with E-state index in [4.69, 9.17) is 0 Å². The van der Waals surface area contributed by atoms with Crippen LogP contribution in [0.5, 0.6) is 0 Å². The fraction of sp³-hybridized carbons (Fsp3) is 0.308. The van der Waals surface area contributed by atoms with E-state index in [2.05, 4.69) is 21.2 Å². The number of hydrogen-bond donors (Lipinski definition) is 1. The van der Waals surface area contributed by atoms with E-state index in [1.54, 1.807) is 6.08 Å². The lowest BCUT2D eigenvalue weighted by Crippen LogP contribution is -2.30. The highest BCUT2D eigenvalue weighted by Crippen LogP contribution is 2.11. The molecule has 3 heteroatoms. The molecule has 16 heavy (non-hydrogen) atoms. The second kappa shape index (κ2) is 6.48. The number of carbonyl (C=O) groups excluding carboxylic acids is 1. The molecular weight excluding hydrogens is 266 g/mol. The molecule has 1 N–H and O–H groups in total. The van der Waals surface area contributed by atoms with Gasteiger partial charge >= 0.3 is 0 Å². The molecule has 1 amide bonds. The van der Waals surface area contributed by atoms with Crippen LogP contribution in [0.1, 0.15) is 25.8 Å². The van der Waals surface area contributed by atoms with Crippen LogP contribution in [0.15, 0.2) is 34.8 Å². The molecule has 0 bridgehead atoms. The number of halogens is 1. The van der Waals surface area contributed by atoms with Crippen molar-refractivity contribution in [3.8, 4) is 0 Å². The Bertz CT molecular complexity index is 370. The van der Waals surface area contributed by atoms with E-state index in [1.165, 1.54) is 0 Å². The summed E-state index contributed by atoms with van der Waals surface area (Å²) in [5, 5.41) is 2.88. The molecule has 1 atom stereocenters. The summed E-state index contributed by atoms with van der Waals surface area (Å²) in [6, 6.07) is 8.04. The molecule has 0 fully saturated rings. The molecule has 0 aliphatic rings. The first-order valence-corrected chi connectivity index (χ1v) is 6.15. The molecular formula is C13H16BrNO. The Morgan fingerprint density at radius 3 is 2.62 bits per heavy atom. The largest absolute Gasteiger partial charge is 0.350 e. The fourth-order valence-corrected chi connectivity index (χ4v) is 1.40. The van der Waals surface area contributed by atoms with Gasteiger partial charge in [-0.3, -0.25) is 4.79 Å². The van der Waals surface area contributed by atoms with E-state index in [-0.39, 0.29) is 11.9 Å². The van der Waals surface area contributed by atoms with Crippen LogP contribution in [0.4, 0.5) is 0 Å². The van der Waals surface area contributed by atoms with E-state index >= 15 is 0 Å². The highest BCUT2D eigenvalue weighted by molar-refractivity contribution is 9.10. The lowest BCUT2D eigenvalue weighted by Gasteiger charge is -2.08. The molecule has 1 aromatic rings. The van der Waals surface area contributed by atoms with Crippen molar-refractivity contribution in [3.05, 3.63) is 40.4 Å². The van der Waals surface area contributed by atoms with E-state index in [1.807, 2.05) is 44.2 Å². The standard InChI is InChI=1S/C13H16BrNO/c1-3-10(2)15-13(16)9-6-11-4-7-12(14)8-5-11/h4-10H,3H2,1-2H3,(H,15,16). The number of carbonyl (C=O) groups is 1. The normalized spacial score (nSPS) is 12.7. The Morgan fingerprint density at radius 1 is 1.44 bits per heavy atom. The first kappa shape index (κ1) is 13.0. The summed E-state index contributed by atoms with van der Waals surface area (Å²) < 4.78 is 1.04. The number of amides is 1. The number of hydrogen-bond acceptors (Lipinski definition) is 1. The summed E-state index contributed by atoms with van der Waals surface area (Å²) in [5.41, 5.74) is 1.02. The summed E-state index contributed by atoms with van der Waals surface area (Å²) in [6.07, 6.45) is 4.32. The monoisotopic (exact) mass is 281 g/mol. The number of nitrogens with one attached hydrogen (secondary N) is 1. The van der Waals surface area contributed by atoms with Gasteiger partial charge in [0.2, 0.25) is 5.91 Å². The average Bonchev–Trinajstić information content (AvgIpc) is 2.28. The van der Waals surface area contributed by atoms with Gasteiger partial charge in [-0.25, -0.2) is 0 Å². The van der Waals surface area contributed by atoms with E-state index in [0.29, 0.717) is 0 Å². The average molecular weight is 282 g/mol. The van der Waals surface area contributed by atoms with E-state index in [0.717, 1.165) is 16.5 Å². The second-order valence-corrected chi connectivity index (χ2v) is 4.62. The summed E-state index contributed by atoms with van der Waals surface area (Å²) in [6.45, 7) is 4.04. The van der Waals surface area contributed by atoms with Crippen molar-refractivity contribution < 1.29 is 4.79 Å². The molecule has 1 rings (SSSR count). The van der Waals surface area contributed by atoms with Crippen molar-refractivity contribution in [1.82, 2.24) is 5.32 Å². The third kappa shape index (κ3) is 4.62. The van der Waals surface area contributed by atoms with Gasteiger partial charge in [0.15, 0.2) is 0 Å². The minimum Gasteiger partial charge on any atom is -0.350 e. The van der Waals surface area contributed by atoms with Gasteiger partial charge in [0.05, 0.1) is 0 Å². The molecule has 0 aromatic heterocycles. The van der Waals surface area contributed by atoms with Crippen LogP contribution in [0.25, 0.3) is 6.08 Å². The third-order valence-corrected chi connectivity index (χ3v) is 2.83. The van der Waals surface area contributed by atoms with Crippen molar-refractivity contribution in [3.63, 3.8) is 0 Å². The molecule has 0 saturated carbocycles. The van der Waals surface area contributed by atoms with Gasteiger partial charge in [-0.05, 0) is 37.1 Å². The third-order valence-electron chi connectivity index (χ3n) is 2.30. The predicted octanol–water partition coefficient (Wildman–Crippen LogP) is 3.38. The molecule has 0 aliphatic carbocycles. The van der Waals surface area contributed by atoms with Crippen LogP contribution < -0.4 is 5.32 Å².